The molecule has 1 amide bonds. The molecule has 1 unspecified atom stereocenters. The van der Waals surface area contributed by atoms with Gasteiger partial charge in [0.25, 0.3) is 5.69 Å². The van der Waals surface area contributed by atoms with Gasteiger partial charge < -0.3 is 5.11 Å². The highest BCUT2D eigenvalue weighted by atomic mass is 32.2. The molecule has 1 aromatic heterocycles. The molecule has 1 N–H and O–H groups in total. The SMILES string of the molecule is O=C1CSC(c2cccc([N+](=O)[O-])c2)N1c1cccc(N=Nc2ccc(O)c3ncccc23)c1. The maximum absolute atomic E-state index is 12.7. The molecule has 10 heteroatoms. The molecule has 1 fully saturated rings. The Kier molecular flexibility index (Phi) is 5.64. The molecule has 34 heavy (non-hydrogen) atoms. The number of nitrogens with zero attached hydrogens (tertiary/aromatic N) is 5. The molecule has 5 rings (SSSR count). The van der Waals surface area contributed by atoms with Crippen molar-refractivity contribution in [1.82, 2.24) is 4.98 Å². The largest absolute Gasteiger partial charge is 0.506 e. The Bertz CT molecular complexity index is 1460. The second kappa shape index (κ2) is 8.91. The predicted octanol–water partition coefficient (Wildman–Crippen LogP) is 6.04. The maximum Gasteiger partial charge on any atom is 0.269 e. The van der Waals surface area contributed by atoms with Crippen molar-refractivity contribution in [1.29, 1.82) is 0 Å². The van der Waals surface area contributed by atoms with Crippen LogP contribution in [0.15, 0.2) is 89.2 Å². The summed E-state index contributed by atoms with van der Waals surface area (Å²) in [4.78, 5) is 29.3. The monoisotopic (exact) mass is 471 g/mol. The van der Waals surface area contributed by atoms with E-state index in [9.17, 15) is 20.0 Å². The number of nitro benzene ring substituents is 1. The van der Waals surface area contributed by atoms with Gasteiger partial charge in [-0.3, -0.25) is 24.8 Å². The summed E-state index contributed by atoms with van der Waals surface area (Å²) >= 11 is 1.41. The number of phenolic OH excluding ortho intramolecular Hbond substituents is 1. The van der Waals surface area contributed by atoms with Crippen LogP contribution in [0.2, 0.25) is 0 Å². The van der Waals surface area contributed by atoms with E-state index in [4.69, 9.17) is 0 Å². The minimum absolute atomic E-state index is 0.0180. The first-order valence-corrected chi connectivity index (χ1v) is 11.3. The molecule has 0 spiro atoms. The molecule has 0 saturated carbocycles. The number of non-ortho nitro benzene ring substituents is 1. The molecule has 0 aliphatic carbocycles. The third kappa shape index (κ3) is 4.06. The first-order valence-electron chi connectivity index (χ1n) is 10.3. The summed E-state index contributed by atoms with van der Waals surface area (Å²) in [6, 6.07) is 20.2. The van der Waals surface area contributed by atoms with E-state index in [-0.39, 0.29) is 28.5 Å². The van der Waals surface area contributed by atoms with Crippen molar-refractivity contribution in [3.8, 4) is 5.75 Å². The second-order valence-electron chi connectivity index (χ2n) is 7.50. The predicted molar refractivity (Wildman–Crippen MR) is 130 cm³/mol. The van der Waals surface area contributed by atoms with E-state index in [1.54, 1.807) is 65.7 Å². The maximum atomic E-state index is 12.7. The van der Waals surface area contributed by atoms with E-state index >= 15 is 0 Å². The van der Waals surface area contributed by atoms with Gasteiger partial charge in [-0.2, -0.15) is 5.11 Å². The minimum atomic E-state index is -0.446. The highest BCUT2D eigenvalue weighted by Crippen LogP contribution is 2.43. The molecule has 2 heterocycles. The third-order valence-corrected chi connectivity index (χ3v) is 6.55. The summed E-state index contributed by atoms with van der Waals surface area (Å²) in [5.41, 5.74) is 2.81. The molecule has 4 aromatic rings. The summed E-state index contributed by atoms with van der Waals surface area (Å²) in [5.74, 6) is 0.242. The van der Waals surface area contributed by atoms with Crippen molar-refractivity contribution in [2.24, 2.45) is 10.2 Å². The summed E-state index contributed by atoms with van der Waals surface area (Å²) in [7, 11) is 0. The van der Waals surface area contributed by atoms with Crippen molar-refractivity contribution >= 4 is 51.3 Å². The van der Waals surface area contributed by atoms with Crippen molar-refractivity contribution in [3.05, 3.63) is 94.7 Å². The minimum Gasteiger partial charge on any atom is -0.506 e. The van der Waals surface area contributed by atoms with Crippen LogP contribution < -0.4 is 4.90 Å². The normalized spacial score (nSPS) is 15.9. The van der Waals surface area contributed by atoms with Gasteiger partial charge in [-0.25, -0.2) is 0 Å². The molecule has 1 atom stereocenters. The molecule has 1 aliphatic heterocycles. The fraction of sp³-hybridized carbons (Fsp3) is 0.0833. The van der Waals surface area contributed by atoms with Crippen LogP contribution in [0.3, 0.4) is 0 Å². The molecule has 0 radical (unpaired) electrons. The number of hydrogen-bond acceptors (Lipinski definition) is 8. The number of anilines is 1. The van der Waals surface area contributed by atoms with Crippen molar-refractivity contribution in [2.75, 3.05) is 10.7 Å². The van der Waals surface area contributed by atoms with Crippen LogP contribution in [0.4, 0.5) is 22.7 Å². The van der Waals surface area contributed by atoms with Gasteiger partial charge in [-0.1, -0.05) is 18.2 Å². The first kappa shape index (κ1) is 21.5. The van der Waals surface area contributed by atoms with Gasteiger partial charge in [-0.05, 0) is 48.0 Å². The van der Waals surface area contributed by atoms with Crippen LogP contribution >= 0.6 is 11.8 Å². The number of azo groups is 1. The Morgan fingerprint density at radius 3 is 2.76 bits per heavy atom. The number of hydrogen-bond donors (Lipinski definition) is 1. The fourth-order valence-electron chi connectivity index (χ4n) is 3.79. The van der Waals surface area contributed by atoms with E-state index in [0.29, 0.717) is 33.5 Å². The van der Waals surface area contributed by atoms with Gasteiger partial charge in [0.2, 0.25) is 5.91 Å². The number of carbonyl (C=O) groups excluding carboxylic acids is 1. The Morgan fingerprint density at radius 2 is 1.91 bits per heavy atom. The van der Waals surface area contributed by atoms with Crippen LogP contribution in [0.25, 0.3) is 10.9 Å². The van der Waals surface area contributed by atoms with Gasteiger partial charge in [0, 0.05) is 29.4 Å². The smallest absolute Gasteiger partial charge is 0.269 e. The van der Waals surface area contributed by atoms with Crippen LogP contribution in [0.5, 0.6) is 5.75 Å². The van der Waals surface area contributed by atoms with Crippen LogP contribution in [0, 0.1) is 10.1 Å². The zero-order valence-electron chi connectivity index (χ0n) is 17.6. The standard InChI is InChI=1S/C24H17N5O4S/c30-21-10-9-20(19-8-3-11-25-23(19)21)27-26-16-5-2-6-17(13-16)28-22(31)14-34-24(28)15-4-1-7-18(12-15)29(32)33/h1-13,24,30H,14H2. The van der Waals surface area contributed by atoms with E-state index in [1.807, 2.05) is 0 Å². The van der Waals surface area contributed by atoms with Gasteiger partial charge in [0.15, 0.2) is 0 Å². The summed E-state index contributed by atoms with van der Waals surface area (Å²) in [6.07, 6.45) is 1.59. The number of rotatable bonds is 5. The molecule has 9 nitrogen and oxygen atoms in total. The molecular weight excluding hydrogens is 454 g/mol. The number of benzene rings is 3. The Labute approximate surface area is 197 Å². The number of aromatic hydroxyl groups is 1. The molecule has 168 valence electrons. The zero-order valence-corrected chi connectivity index (χ0v) is 18.4. The summed E-state index contributed by atoms with van der Waals surface area (Å²) in [5, 5.41) is 30.2. The Morgan fingerprint density at radius 1 is 1.06 bits per heavy atom. The van der Waals surface area contributed by atoms with E-state index in [0.717, 1.165) is 0 Å². The van der Waals surface area contributed by atoms with Crippen LogP contribution in [-0.2, 0) is 4.79 Å². The summed E-state index contributed by atoms with van der Waals surface area (Å²) < 4.78 is 0. The molecule has 1 saturated heterocycles. The summed E-state index contributed by atoms with van der Waals surface area (Å²) in [6.45, 7) is 0. The number of nitro groups is 1. The molecule has 1 aliphatic rings. The van der Waals surface area contributed by atoms with Crippen molar-refractivity contribution in [3.63, 3.8) is 0 Å². The van der Waals surface area contributed by atoms with Crippen LogP contribution in [0.1, 0.15) is 10.9 Å². The van der Waals surface area contributed by atoms with E-state index in [1.165, 1.54) is 30.0 Å². The first-order chi connectivity index (χ1) is 16.5. The highest BCUT2D eigenvalue weighted by molar-refractivity contribution is 8.00. The van der Waals surface area contributed by atoms with Gasteiger partial charge in [0.05, 0.1) is 22.1 Å². The van der Waals surface area contributed by atoms with E-state index in [2.05, 4.69) is 15.2 Å². The number of fused-ring (bicyclic) bond motifs is 1. The van der Waals surface area contributed by atoms with Gasteiger partial charge in [-0.15, -0.1) is 16.9 Å². The quantitative estimate of drug-likeness (QED) is 0.215. The van der Waals surface area contributed by atoms with Gasteiger partial charge in [0.1, 0.15) is 16.6 Å². The topological polar surface area (TPSA) is 121 Å². The Balaban J connectivity index is 1.47. The van der Waals surface area contributed by atoms with Crippen LogP contribution in [-0.4, -0.2) is 26.7 Å². The molecule has 3 aromatic carbocycles. The second-order valence-corrected chi connectivity index (χ2v) is 8.57. The zero-order chi connectivity index (χ0) is 23.7. The number of pyridine rings is 1. The molecular formula is C24H17N5O4S. The lowest BCUT2D eigenvalue weighted by Crippen LogP contribution is -2.27. The number of amides is 1. The van der Waals surface area contributed by atoms with Crippen molar-refractivity contribution in [2.45, 2.75) is 5.37 Å². The van der Waals surface area contributed by atoms with Crippen molar-refractivity contribution < 1.29 is 14.8 Å². The average Bonchev–Trinajstić information content (AvgIpc) is 3.25. The molecule has 0 bridgehead atoms. The number of thioether (sulfide) groups is 1. The average molecular weight is 471 g/mol. The highest BCUT2D eigenvalue weighted by Gasteiger charge is 2.34. The lowest BCUT2D eigenvalue weighted by molar-refractivity contribution is -0.384. The number of aromatic nitrogens is 1. The Hall–Kier alpha value is -4.31. The van der Waals surface area contributed by atoms with E-state index < -0.39 is 4.92 Å². The third-order valence-electron chi connectivity index (χ3n) is 5.34. The number of carbonyl (C=O) groups is 1. The lowest BCUT2D eigenvalue weighted by Gasteiger charge is -2.24. The number of phenols is 1. The van der Waals surface area contributed by atoms with Gasteiger partial charge >= 0.3 is 0 Å². The fourth-order valence-corrected chi connectivity index (χ4v) is 4.96. The lowest BCUT2D eigenvalue weighted by atomic mass is 10.1.